The third kappa shape index (κ3) is 4.79. The van der Waals surface area contributed by atoms with Gasteiger partial charge in [-0.1, -0.05) is 12.1 Å². The standard InChI is InChI=1S/C16H14F3IO2/c1-10(2)21-12-5-3-4-11(8-12)14-7-6-13(9-15(14)20)22-16(17,18)19/h3-10H,1-2H3. The van der Waals surface area contributed by atoms with Gasteiger partial charge in [-0.2, -0.15) is 0 Å². The van der Waals surface area contributed by atoms with Crippen LogP contribution in [0.2, 0.25) is 0 Å². The predicted molar refractivity (Wildman–Crippen MR) is 87.0 cm³/mol. The van der Waals surface area contributed by atoms with Crippen molar-refractivity contribution in [1.29, 1.82) is 0 Å². The van der Waals surface area contributed by atoms with Crippen LogP contribution in [0.3, 0.4) is 0 Å². The van der Waals surface area contributed by atoms with Crippen LogP contribution in [0.5, 0.6) is 11.5 Å². The summed E-state index contributed by atoms with van der Waals surface area (Å²) < 4.78 is 46.9. The molecule has 22 heavy (non-hydrogen) atoms. The van der Waals surface area contributed by atoms with E-state index in [4.69, 9.17) is 4.74 Å². The van der Waals surface area contributed by atoms with E-state index >= 15 is 0 Å². The molecule has 6 heteroatoms. The molecule has 0 atom stereocenters. The number of hydrogen-bond donors (Lipinski definition) is 0. The van der Waals surface area contributed by atoms with Crippen molar-refractivity contribution >= 4 is 22.6 Å². The molecule has 2 aromatic carbocycles. The first-order chi connectivity index (χ1) is 10.2. The zero-order chi connectivity index (χ0) is 16.3. The molecule has 2 aromatic rings. The fourth-order valence-electron chi connectivity index (χ4n) is 1.94. The molecule has 0 saturated heterocycles. The molecule has 2 nitrogen and oxygen atoms in total. The van der Waals surface area contributed by atoms with Gasteiger partial charge in [-0.05, 0) is 77.9 Å². The van der Waals surface area contributed by atoms with Crippen LogP contribution in [0.1, 0.15) is 13.8 Å². The maximum absolute atomic E-state index is 12.2. The zero-order valence-electron chi connectivity index (χ0n) is 11.9. The number of ether oxygens (including phenoxy) is 2. The lowest BCUT2D eigenvalue weighted by Gasteiger charge is -2.13. The van der Waals surface area contributed by atoms with Crippen molar-refractivity contribution in [2.75, 3.05) is 0 Å². The van der Waals surface area contributed by atoms with Gasteiger partial charge in [-0.15, -0.1) is 13.2 Å². The summed E-state index contributed by atoms with van der Waals surface area (Å²) in [7, 11) is 0. The van der Waals surface area contributed by atoms with Gasteiger partial charge in [-0.3, -0.25) is 0 Å². The molecule has 0 heterocycles. The van der Waals surface area contributed by atoms with Gasteiger partial charge >= 0.3 is 6.36 Å². The molecule has 0 radical (unpaired) electrons. The normalized spacial score (nSPS) is 11.6. The highest BCUT2D eigenvalue weighted by molar-refractivity contribution is 14.1. The second kappa shape index (κ2) is 6.76. The van der Waals surface area contributed by atoms with Crippen molar-refractivity contribution in [2.45, 2.75) is 26.3 Å². The summed E-state index contributed by atoms with van der Waals surface area (Å²) in [6, 6.07) is 11.7. The van der Waals surface area contributed by atoms with E-state index in [2.05, 4.69) is 4.74 Å². The van der Waals surface area contributed by atoms with Crippen molar-refractivity contribution in [3.63, 3.8) is 0 Å². The quantitative estimate of drug-likeness (QED) is 0.594. The minimum Gasteiger partial charge on any atom is -0.491 e. The number of alkyl halides is 3. The molecule has 0 unspecified atom stereocenters. The highest BCUT2D eigenvalue weighted by Crippen LogP contribution is 2.32. The third-order valence-corrected chi connectivity index (χ3v) is 3.58. The average molecular weight is 422 g/mol. The summed E-state index contributed by atoms with van der Waals surface area (Å²) in [4.78, 5) is 0. The van der Waals surface area contributed by atoms with E-state index in [-0.39, 0.29) is 11.9 Å². The zero-order valence-corrected chi connectivity index (χ0v) is 14.1. The summed E-state index contributed by atoms with van der Waals surface area (Å²) >= 11 is 1.99. The van der Waals surface area contributed by atoms with Crippen LogP contribution < -0.4 is 9.47 Å². The van der Waals surface area contributed by atoms with E-state index in [1.807, 2.05) is 60.7 Å². The largest absolute Gasteiger partial charge is 0.573 e. The van der Waals surface area contributed by atoms with Crippen molar-refractivity contribution < 1.29 is 22.6 Å². The van der Waals surface area contributed by atoms with Gasteiger partial charge in [0.2, 0.25) is 0 Å². The minimum atomic E-state index is -4.68. The highest BCUT2D eigenvalue weighted by Gasteiger charge is 2.31. The van der Waals surface area contributed by atoms with Crippen LogP contribution in [0, 0.1) is 3.57 Å². The van der Waals surface area contributed by atoms with E-state index in [0.717, 1.165) is 16.9 Å². The molecular weight excluding hydrogens is 408 g/mol. The molecule has 0 aromatic heterocycles. The van der Waals surface area contributed by atoms with Crippen LogP contribution in [0.4, 0.5) is 13.2 Å². The molecule has 0 bridgehead atoms. The van der Waals surface area contributed by atoms with Crippen LogP contribution in [-0.2, 0) is 0 Å². The van der Waals surface area contributed by atoms with Gasteiger partial charge in [0.1, 0.15) is 11.5 Å². The monoisotopic (exact) mass is 422 g/mol. The van der Waals surface area contributed by atoms with Crippen molar-refractivity contribution in [2.24, 2.45) is 0 Å². The van der Waals surface area contributed by atoms with Crippen molar-refractivity contribution in [1.82, 2.24) is 0 Å². The summed E-state index contributed by atoms with van der Waals surface area (Å²) in [5.74, 6) is 0.495. The van der Waals surface area contributed by atoms with Crippen LogP contribution in [-0.4, -0.2) is 12.5 Å². The van der Waals surface area contributed by atoms with Gasteiger partial charge in [0.05, 0.1) is 6.10 Å². The smallest absolute Gasteiger partial charge is 0.491 e. The molecule has 118 valence electrons. The first-order valence-corrected chi connectivity index (χ1v) is 7.65. The van der Waals surface area contributed by atoms with Crippen molar-refractivity contribution in [3.05, 3.63) is 46.0 Å². The number of hydrogen-bond acceptors (Lipinski definition) is 2. The van der Waals surface area contributed by atoms with E-state index < -0.39 is 6.36 Å². The molecule has 0 N–H and O–H groups in total. The lowest BCUT2D eigenvalue weighted by Crippen LogP contribution is -2.17. The second-order valence-electron chi connectivity index (χ2n) is 4.88. The van der Waals surface area contributed by atoms with Crippen LogP contribution >= 0.6 is 22.6 Å². The Hall–Kier alpha value is -1.44. The molecule has 0 aliphatic carbocycles. The lowest BCUT2D eigenvalue weighted by atomic mass is 10.1. The molecule has 0 amide bonds. The van der Waals surface area contributed by atoms with Gasteiger partial charge < -0.3 is 9.47 Å². The lowest BCUT2D eigenvalue weighted by molar-refractivity contribution is -0.274. The molecule has 0 saturated carbocycles. The molecule has 0 aliphatic rings. The summed E-state index contributed by atoms with van der Waals surface area (Å²) in [5, 5.41) is 0. The van der Waals surface area contributed by atoms with Crippen molar-refractivity contribution in [3.8, 4) is 22.6 Å². The highest BCUT2D eigenvalue weighted by atomic mass is 127. The topological polar surface area (TPSA) is 18.5 Å². The van der Waals surface area contributed by atoms with E-state index in [9.17, 15) is 13.2 Å². The van der Waals surface area contributed by atoms with E-state index in [1.54, 1.807) is 6.07 Å². The Kier molecular flexibility index (Phi) is 5.20. The Morgan fingerprint density at radius 3 is 2.32 bits per heavy atom. The number of benzene rings is 2. The first-order valence-electron chi connectivity index (χ1n) is 6.57. The SMILES string of the molecule is CC(C)Oc1cccc(-c2ccc(OC(F)(F)F)cc2I)c1. The summed E-state index contributed by atoms with van der Waals surface area (Å²) in [5.41, 5.74) is 1.70. The van der Waals surface area contributed by atoms with Crippen LogP contribution in [0.15, 0.2) is 42.5 Å². The van der Waals surface area contributed by atoms with E-state index in [0.29, 0.717) is 3.57 Å². The van der Waals surface area contributed by atoms with Gasteiger partial charge in [-0.25, -0.2) is 0 Å². The van der Waals surface area contributed by atoms with E-state index in [1.165, 1.54) is 12.1 Å². The second-order valence-corrected chi connectivity index (χ2v) is 6.05. The Morgan fingerprint density at radius 1 is 1.00 bits per heavy atom. The average Bonchev–Trinajstić information content (AvgIpc) is 2.36. The number of halogens is 4. The Morgan fingerprint density at radius 2 is 1.73 bits per heavy atom. The Balaban J connectivity index is 2.29. The Labute approximate surface area is 140 Å². The maximum Gasteiger partial charge on any atom is 0.573 e. The summed E-state index contributed by atoms with van der Waals surface area (Å²) in [6.07, 6.45) is -4.63. The number of rotatable bonds is 4. The predicted octanol–water partition coefficient (Wildman–Crippen LogP) is 5.64. The minimum absolute atomic E-state index is 0.0527. The fourth-order valence-corrected chi connectivity index (χ4v) is 2.73. The Bertz CT molecular complexity index is 654. The molecular formula is C16H14F3IO2. The molecule has 0 fully saturated rings. The third-order valence-electron chi connectivity index (χ3n) is 2.69. The molecule has 0 spiro atoms. The molecule has 2 rings (SSSR count). The fraction of sp³-hybridized carbons (Fsp3) is 0.250. The summed E-state index contributed by atoms with van der Waals surface area (Å²) in [6.45, 7) is 3.86. The maximum atomic E-state index is 12.2. The van der Waals surface area contributed by atoms with Crippen LogP contribution in [0.25, 0.3) is 11.1 Å². The van der Waals surface area contributed by atoms with Gasteiger partial charge in [0.15, 0.2) is 0 Å². The molecule has 0 aliphatic heterocycles. The van der Waals surface area contributed by atoms with Gasteiger partial charge in [0, 0.05) is 3.57 Å². The van der Waals surface area contributed by atoms with Gasteiger partial charge in [0.25, 0.3) is 0 Å². The first kappa shape index (κ1) is 16.9.